The van der Waals surface area contributed by atoms with Gasteiger partial charge in [-0.05, 0) is 35.2 Å². The molecule has 4 aromatic rings. The molecule has 1 aliphatic rings. The lowest BCUT2D eigenvalue weighted by molar-refractivity contribution is -0.137. The van der Waals surface area contributed by atoms with Gasteiger partial charge in [-0.1, -0.05) is 72.8 Å². The van der Waals surface area contributed by atoms with E-state index in [9.17, 15) is 18.0 Å². The molecule has 3 aromatic carbocycles. The first-order valence-electron chi connectivity index (χ1n) is 11.7. The molecule has 184 valence electrons. The van der Waals surface area contributed by atoms with E-state index in [2.05, 4.69) is 9.88 Å². The third kappa shape index (κ3) is 4.77. The number of benzene rings is 3. The standard InChI is InChI=1S/C28H25F3N4O/c29-28(30,31)22-13-11-19(12-14-22)17-34-16-15-23-24(18-34)33-27(32)35(26(23)36)25(20-7-3-1-4-8-20)21-9-5-2-6-10-21/h1-14,25H,15-18H2,(H2,32,33). The number of rotatable bonds is 5. The second-order valence-corrected chi connectivity index (χ2v) is 8.95. The van der Waals surface area contributed by atoms with Crippen molar-refractivity contribution in [3.63, 3.8) is 0 Å². The maximum absolute atomic E-state index is 13.7. The molecule has 5 rings (SSSR count). The highest BCUT2D eigenvalue weighted by Gasteiger charge is 2.30. The van der Waals surface area contributed by atoms with Crippen LogP contribution in [0.3, 0.4) is 0 Å². The van der Waals surface area contributed by atoms with Crippen LogP contribution in [-0.2, 0) is 25.7 Å². The Labute approximate surface area is 206 Å². The molecular weight excluding hydrogens is 465 g/mol. The lowest BCUT2D eigenvalue weighted by Crippen LogP contribution is -2.39. The Morgan fingerprint density at radius 2 is 1.47 bits per heavy atom. The zero-order valence-electron chi connectivity index (χ0n) is 19.4. The maximum Gasteiger partial charge on any atom is 0.416 e. The fourth-order valence-corrected chi connectivity index (χ4v) is 4.78. The Hall–Kier alpha value is -3.91. The van der Waals surface area contributed by atoms with E-state index >= 15 is 0 Å². The van der Waals surface area contributed by atoms with E-state index in [1.807, 2.05) is 60.7 Å². The third-order valence-electron chi connectivity index (χ3n) is 6.55. The lowest BCUT2D eigenvalue weighted by Gasteiger charge is -2.30. The molecule has 0 aliphatic carbocycles. The van der Waals surface area contributed by atoms with Crippen LogP contribution in [0.4, 0.5) is 19.1 Å². The van der Waals surface area contributed by atoms with Gasteiger partial charge in [-0.25, -0.2) is 4.98 Å². The number of nitrogen functional groups attached to an aromatic ring is 1. The fraction of sp³-hybridized carbons (Fsp3) is 0.214. The van der Waals surface area contributed by atoms with E-state index in [0.29, 0.717) is 37.3 Å². The summed E-state index contributed by atoms with van der Waals surface area (Å²) in [4.78, 5) is 20.4. The van der Waals surface area contributed by atoms with Crippen molar-refractivity contribution in [2.75, 3.05) is 12.3 Å². The van der Waals surface area contributed by atoms with Gasteiger partial charge in [0.2, 0.25) is 5.95 Å². The van der Waals surface area contributed by atoms with Crippen LogP contribution in [0.25, 0.3) is 0 Å². The Kier molecular flexibility index (Phi) is 6.36. The predicted molar refractivity (Wildman–Crippen MR) is 132 cm³/mol. The van der Waals surface area contributed by atoms with E-state index in [4.69, 9.17) is 5.73 Å². The summed E-state index contributed by atoms with van der Waals surface area (Å²) in [6.07, 6.45) is -3.88. The van der Waals surface area contributed by atoms with Crippen molar-refractivity contribution in [2.45, 2.75) is 31.7 Å². The Bertz CT molecular complexity index is 1360. The minimum atomic E-state index is -4.36. The van der Waals surface area contributed by atoms with Crippen molar-refractivity contribution in [2.24, 2.45) is 0 Å². The van der Waals surface area contributed by atoms with Gasteiger partial charge < -0.3 is 5.73 Å². The van der Waals surface area contributed by atoms with Crippen molar-refractivity contribution in [1.82, 2.24) is 14.5 Å². The number of nitrogens with zero attached hydrogens (tertiary/aromatic N) is 3. The van der Waals surface area contributed by atoms with Crippen molar-refractivity contribution >= 4 is 5.95 Å². The Morgan fingerprint density at radius 3 is 2.03 bits per heavy atom. The molecule has 1 aromatic heterocycles. The van der Waals surface area contributed by atoms with E-state index in [0.717, 1.165) is 28.8 Å². The van der Waals surface area contributed by atoms with Crippen molar-refractivity contribution in [1.29, 1.82) is 0 Å². The van der Waals surface area contributed by atoms with Gasteiger partial charge in [0.05, 0.1) is 17.3 Å². The van der Waals surface area contributed by atoms with Gasteiger partial charge in [-0.2, -0.15) is 13.2 Å². The maximum atomic E-state index is 13.7. The smallest absolute Gasteiger partial charge is 0.369 e. The van der Waals surface area contributed by atoms with Gasteiger partial charge in [0, 0.05) is 25.2 Å². The summed E-state index contributed by atoms with van der Waals surface area (Å²) >= 11 is 0. The second kappa shape index (κ2) is 9.62. The van der Waals surface area contributed by atoms with Crippen LogP contribution in [0.15, 0.2) is 89.7 Å². The minimum Gasteiger partial charge on any atom is -0.369 e. The lowest BCUT2D eigenvalue weighted by atomic mass is 9.97. The molecule has 0 atom stereocenters. The van der Waals surface area contributed by atoms with Crippen molar-refractivity contribution in [3.8, 4) is 0 Å². The number of halogens is 3. The van der Waals surface area contributed by atoms with Gasteiger partial charge in [0.1, 0.15) is 0 Å². The summed E-state index contributed by atoms with van der Waals surface area (Å²) < 4.78 is 40.2. The van der Waals surface area contributed by atoms with E-state index in [1.165, 1.54) is 12.1 Å². The molecule has 36 heavy (non-hydrogen) atoms. The van der Waals surface area contributed by atoms with Crippen LogP contribution in [0.5, 0.6) is 0 Å². The Morgan fingerprint density at radius 1 is 0.889 bits per heavy atom. The number of fused-ring (bicyclic) bond motifs is 1. The monoisotopic (exact) mass is 490 g/mol. The summed E-state index contributed by atoms with van der Waals surface area (Å²) in [7, 11) is 0. The molecule has 0 radical (unpaired) electrons. The first-order chi connectivity index (χ1) is 17.3. The largest absolute Gasteiger partial charge is 0.416 e. The summed E-state index contributed by atoms with van der Waals surface area (Å²) in [6.45, 7) is 1.45. The number of nitrogens with two attached hydrogens (primary N) is 1. The molecule has 0 spiro atoms. The van der Waals surface area contributed by atoms with Crippen molar-refractivity contribution < 1.29 is 13.2 Å². The highest BCUT2D eigenvalue weighted by molar-refractivity contribution is 5.39. The second-order valence-electron chi connectivity index (χ2n) is 8.95. The highest BCUT2D eigenvalue weighted by atomic mass is 19.4. The van der Waals surface area contributed by atoms with Crippen LogP contribution in [0.1, 0.15) is 39.6 Å². The zero-order valence-corrected chi connectivity index (χ0v) is 19.4. The summed E-state index contributed by atoms with van der Waals surface area (Å²) in [6, 6.07) is 24.2. The van der Waals surface area contributed by atoms with Gasteiger partial charge in [0.15, 0.2) is 0 Å². The van der Waals surface area contributed by atoms with Crippen LogP contribution in [0, 0.1) is 0 Å². The van der Waals surface area contributed by atoms with Gasteiger partial charge in [-0.15, -0.1) is 0 Å². The van der Waals surface area contributed by atoms with Crippen LogP contribution >= 0.6 is 0 Å². The summed E-state index contributed by atoms with van der Waals surface area (Å²) in [5.41, 5.74) is 9.44. The van der Waals surface area contributed by atoms with Gasteiger partial charge in [-0.3, -0.25) is 14.3 Å². The molecule has 0 bridgehead atoms. The number of hydrogen-bond donors (Lipinski definition) is 1. The topological polar surface area (TPSA) is 64.1 Å². The number of alkyl halides is 3. The highest BCUT2D eigenvalue weighted by Crippen LogP contribution is 2.30. The van der Waals surface area contributed by atoms with E-state index in [1.54, 1.807) is 4.57 Å². The average molecular weight is 491 g/mol. The quantitative estimate of drug-likeness (QED) is 0.426. The zero-order chi connectivity index (χ0) is 25.3. The van der Waals surface area contributed by atoms with Gasteiger partial charge in [0.25, 0.3) is 5.56 Å². The first-order valence-corrected chi connectivity index (χ1v) is 11.7. The molecule has 0 amide bonds. The predicted octanol–water partition coefficient (Wildman–Crippen LogP) is 5.04. The molecule has 2 heterocycles. The molecule has 0 saturated carbocycles. The molecule has 0 unspecified atom stereocenters. The van der Waals surface area contributed by atoms with Crippen LogP contribution < -0.4 is 11.3 Å². The van der Waals surface area contributed by atoms with Gasteiger partial charge >= 0.3 is 6.18 Å². The molecule has 8 heteroatoms. The summed E-state index contributed by atoms with van der Waals surface area (Å²) in [5, 5.41) is 0. The SMILES string of the molecule is Nc1nc2c(c(=O)n1C(c1ccccc1)c1ccccc1)CCN(Cc1ccc(C(F)(F)F)cc1)C2. The molecule has 0 fully saturated rings. The van der Waals surface area contributed by atoms with Crippen LogP contribution in [0.2, 0.25) is 0 Å². The van der Waals surface area contributed by atoms with Crippen LogP contribution in [-0.4, -0.2) is 21.0 Å². The molecule has 1 aliphatic heterocycles. The molecule has 5 nitrogen and oxygen atoms in total. The first kappa shape index (κ1) is 23.8. The molecular formula is C28H25F3N4O. The number of anilines is 1. The number of hydrogen-bond acceptors (Lipinski definition) is 4. The third-order valence-corrected chi connectivity index (χ3v) is 6.55. The molecule has 2 N–H and O–H groups in total. The van der Waals surface area contributed by atoms with E-state index in [-0.39, 0.29) is 11.5 Å². The number of aromatic nitrogens is 2. The molecule has 0 saturated heterocycles. The Balaban J connectivity index is 1.45. The average Bonchev–Trinajstić information content (AvgIpc) is 2.87. The summed E-state index contributed by atoms with van der Waals surface area (Å²) in [5.74, 6) is 0.132. The minimum absolute atomic E-state index is 0.132. The van der Waals surface area contributed by atoms with E-state index < -0.39 is 17.8 Å². The van der Waals surface area contributed by atoms with Crippen molar-refractivity contribution in [3.05, 3.63) is 129 Å². The fourth-order valence-electron chi connectivity index (χ4n) is 4.78. The normalized spacial score (nSPS) is 14.1.